The van der Waals surface area contributed by atoms with E-state index in [4.69, 9.17) is 40.5 Å². The van der Waals surface area contributed by atoms with Gasteiger partial charge in [-0.25, -0.2) is 0 Å². The van der Waals surface area contributed by atoms with Gasteiger partial charge in [0.25, 0.3) is 0 Å². The highest BCUT2D eigenvalue weighted by Gasteiger charge is 2.31. The second kappa shape index (κ2) is 11.0. The summed E-state index contributed by atoms with van der Waals surface area (Å²) in [6, 6.07) is 9.45. The van der Waals surface area contributed by atoms with Crippen LogP contribution in [0.3, 0.4) is 0 Å². The maximum absolute atomic E-state index is 13.2. The third kappa shape index (κ3) is 6.57. The summed E-state index contributed by atoms with van der Waals surface area (Å²) in [5.41, 5.74) is 6.76. The molecule has 1 aliphatic heterocycles. The van der Waals surface area contributed by atoms with Crippen molar-refractivity contribution in [2.75, 3.05) is 30.7 Å². The number of amides is 1. The molecule has 168 valence electrons. The van der Waals surface area contributed by atoms with Crippen molar-refractivity contribution in [2.45, 2.75) is 30.7 Å². The fourth-order valence-electron chi connectivity index (χ4n) is 3.31. The van der Waals surface area contributed by atoms with Gasteiger partial charge in [-0.3, -0.25) is 4.79 Å². The van der Waals surface area contributed by atoms with E-state index in [0.29, 0.717) is 28.9 Å². The number of nitrogens with two attached hydrogens (primary N) is 1. The molecule has 0 radical (unpaired) electrons. The van der Waals surface area contributed by atoms with Gasteiger partial charge < -0.3 is 20.5 Å². The fraction of sp³-hybridized carbons (Fsp3) is 0.381. The molecule has 1 amide bonds. The first kappa shape index (κ1) is 24.3. The SMILES string of the molecule is CC1CCN(C(=O)C(CNc2cccc(Cl)c2)N[S+]([O-])c2cc(Cl)c(N)c(Cl)c2)CC1. The summed E-state index contributed by atoms with van der Waals surface area (Å²) in [5, 5.41) is 4.21. The van der Waals surface area contributed by atoms with E-state index >= 15 is 0 Å². The molecular formula is C21H25Cl3N4O2S. The van der Waals surface area contributed by atoms with Crippen LogP contribution in [0.15, 0.2) is 41.3 Å². The maximum atomic E-state index is 13.2. The van der Waals surface area contributed by atoms with Gasteiger partial charge in [0.2, 0.25) is 5.91 Å². The molecule has 2 aromatic carbocycles. The smallest absolute Gasteiger partial charge is 0.246 e. The maximum Gasteiger partial charge on any atom is 0.246 e. The van der Waals surface area contributed by atoms with Gasteiger partial charge in [0.15, 0.2) is 4.90 Å². The number of rotatable bonds is 7. The molecule has 0 bridgehead atoms. The van der Waals surface area contributed by atoms with E-state index in [1.165, 1.54) is 12.1 Å². The van der Waals surface area contributed by atoms with Crippen LogP contribution in [-0.4, -0.2) is 41.0 Å². The molecule has 4 N–H and O–H groups in total. The number of carbonyl (C=O) groups is 1. The van der Waals surface area contributed by atoms with E-state index in [2.05, 4.69) is 17.0 Å². The van der Waals surface area contributed by atoms with Gasteiger partial charge in [0, 0.05) is 42.5 Å². The Hall–Kier alpha value is -1.35. The molecule has 1 heterocycles. The van der Waals surface area contributed by atoms with E-state index in [-0.39, 0.29) is 28.2 Å². The van der Waals surface area contributed by atoms with E-state index in [1.54, 1.807) is 12.1 Å². The van der Waals surface area contributed by atoms with Crippen LogP contribution in [0.4, 0.5) is 11.4 Å². The first-order chi connectivity index (χ1) is 14.7. The highest BCUT2D eigenvalue weighted by atomic mass is 35.5. The van der Waals surface area contributed by atoms with Crippen LogP contribution < -0.4 is 15.8 Å². The molecule has 3 rings (SSSR count). The van der Waals surface area contributed by atoms with Crippen molar-refractivity contribution < 1.29 is 9.35 Å². The summed E-state index contributed by atoms with van der Waals surface area (Å²) >= 11 is 16.5. The second-order valence-corrected chi connectivity index (χ2v) is 10.1. The molecular weight excluding hydrogens is 479 g/mol. The zero-order valence-electron chi connectivity index (χ0n) is 17.0. The van der Waals surface area contributed by atoms with Crippen molar-refractivity contribution in [3.05, 3.63) is 51.5 Å². The van der Waals surface area contributed by atoms with Crippen molar-refractivity contribution in [2.24, 2.45) is 5.92 Å². The van der Waals surface area contributed by atoms with Crippen LogP contribution in [0.1, 0.15) is 19.8 Å². The number of likely N-dealkylation sites (tertiary alicyclic amines) is 1. The molecule has 0 spiro atoms. The van der Waals surface area contributed by atoms with Crippen molar-refractivity contribution in [1.82, 2.24) is 9.62 Å². The normalized spacial score (nSPS) is 16.7. The number of nitrogens with one attached hydrogen (secondary N) is 2. The Kier molecular flexibility index (Phi) is 8.61. The van der Waals surface area contributed by atoms with E-state index in [9.17, 15) is 9.35 Å². The number of piperidine rings is 1. The van der Waals surface area contributed by atoms with Crippen LogP contribution >= 0.6 is 34.8 Å². The number of nitrogens with zero attached hydrogens (tertiary/aromatic N) is 1. The first-order valence-corrected chi connectivity index (χ1v) is 12.2. The molecule has 0 aromatic heterocycles. The highest BCUT2D eigenvalue weighted by molar-refractivity contribution is 7.89. The minimum atomic E-state index is -1.72. The predicted octanol–water partition coefficient (Wildman–Crippen LogP) is 4.58. The molecule has 0 saturated carbocycles. The highest BCUT2D eigenvalue weighted by Crippen LogP contribution is 2.30. The van der Waals surface area contributed by atoms with Gasteiger partial charge in [-0.2, -0.15) is 0 Å². The van der Waals surface area contributed by atoms with Crippen molar-refractivity contribution in [1.29, 1.82) is 0 Å². The third-order valence-corrected chi connectivity index (χ3v) is 7.27. The van der Waals surface area contributed by atoms with Gasteiger partial charge in [-0.05, 0) is 37.0 Å². The average Bonchev–Trinajstić information content (AvgIpc) is 2.74. The lowest BCUT2D eigenvalue weighted by molar-refractivity contribution is -0.134. The summed E-state index contributed by atoms with van der Waals surface area (Å²) in [6.07, 6.45) is 1.90. The molecule has 1 fully saturated rings. The molecule has 6 nitrogen and oxygen atoms in total. The van der Waals surface area contributed by atoms with Gasteiger partial charge in [-0.15, -0.1) is 4.72 Å². The minimum Gasteiger partial charge on any atom is -0.593 e. The van der Waals surface area contributed by atoms with Gasteiger partial charge in [0.05, 0.1) is 27.1 Å². The number of halogens is 3. The van der Waals surface area contributed by atoms with Crippen molar-refractivity contribution >= 4 is 63.4 Å². The Morgan fingerprint density at radius 3 is 2.48 bits per heavy atom. The van der Waals surface area contributed by atoms with Gasteiger partial charge in [0.1, 0.15) is 6.04 Å². The van der Waals surface area contributed by atoms with E-state index < -0.39 is 17.4 Å². The summed E-state index contributed by atoms with van der Waals surface area (Å²) in [7, 11) is 0. The van der Waals surface area contributed by atoms with Crippen LogP contribution in [-0.2, 0) is 16.2 Å². The standard InChI is InChI=1S/C21H25Cl3N4O2S/c1-13-5-7-28(8-6-13)21(29)19(12-26-15-4-2-3-14(22)9-15)27-31(30)16-10-17(23)20(25)18(24)11-16/h2-4,9-11,13,19,26-27H,5-8,12,25H2,1H3. The molecule has 10 heteroatoms. The lowest BCUT2D eigenvalue weighted by Gasteiger charge is -2.33. The minimum absolute atomic E-state index is 0.109. The summed E-state index contributed by atoms with van der Waals surface area (Å²) in [6.45, 7) is 3.78. The Balaban J connectivity index is 1.76. The first-order valence-electron chi connectivity index (χ1n) is 9.95. The molecule has 2 unspecified atom stereocenters. The predicted molar refractivity (Wildman–Crippen MR) is 129 cm³/mol. The Bertz CT molecular complexity index is 902. The van der Waals surface area contributed by atoms with Crippen molar-refractivity contribution in [3.63, 3.8) is 0 Å². The van der Waals surface area contributed by atoms with Gasteiger partial charge in [-0.1, -0.05) is 47.8 Å². The number of carbonyl (C=O) groups excluding carboxylic acids is 1. The summed E-state index contributed by atoms with van der Waals surface area (Å²) < 4.78 is 15.9. The fourth-order valence-corrected chi connectivity index (χ4v) is 5.15. The van der Waals surface area contributed by atoms with E-state index in [1.807, 2.05) is 17.0 Å². The van der Waals surface area contributed by atoms with Crippen LogP contribution in [0, 0.1) is 5.92 Å². The molecule has 1 saturated heterocycles. The van der Waals surface area contributed by atoms with E-state index in [0.717, 1.165) is 18.5 Å². The molecule has 0 aliphatic carbocycles. The Morgan fingerprint density at radius 2 is 1.87 bits per heavy atom. The topological polar surface area (TPSA) is 93.5 Å². The Morgan fingerprint density at radius 1 is 1.23 bits per heavy atom. The average molecular weight is 504 g/mol. The van der Waals surface area contributed by atoms with Crippen molar-refractivity contribution in [3.8, 4) is 0 Å². The van der Waals surface area contributed by atoms with Crippen LogP contribution in [0.25, 0.3) is 0 Å². The van der Waals surface area contributed by atoms with Crippen LogP contribution in [0.2, 0.25) is 15.1 Å². The quantitative estimate of drug-likeness (QED) is 0.380. The monoisotopic (exact) mass is 502 g/mol. The number of hydrogen-bond acceptors (Lipinski definition) is 5. The number of nitrogen functional groups attached to an aromatic ring is 1. The number of anilines is 2. The lowest BCUT2D eigenvalue weighted by atomic mass is 9.99. The summed E-state index contributed by atoms with van der Waals surface area (Å²) in [5.74, 6) is 0.482. The Labute approximate surface area is 200 Å². The van der Waals surface area contributed by atoms with Crippen LogP contribution in [0.5, 0.6) is 0 Å². The van der Waals surface area contributed by atoms with Gasteiger partial charge >= 0.3 is 0 Å². The molecule has 2 atom stereocenters. The second-order valence-electron chi connectivity index (χ2n) is 7.64. The molecule has 1 aliphatic rings. The zero-order chi connectivity index (χ0) is 22.5. The zero-order valence-corrected chi connectivity index (χ0v) is 20.1. The third-order valence-electron chi connectivity index (χ3n) is 5.24. The number of hydrogen-bond donors (Lipinski definition) is 3. The molecule has 2 aromatic rings. The lowest BCUT2D eigenvalue weighted by Crippen LogP contribution is -2.53. The number of benzene rings is 2. The molecule has 31 heavy (non-hydrogen) atoms. The summed E-state index contributed by atoms with van der Waals surface area (Å²) in [4.78, 5) is 15.4. The largest absolute Gasteiger partial charge is 0.593 e.